The molecule has 0 aromatic heterocycles. The van der Waals surface area contributed by atoms with Gasteiger partial charge in [-0.1, -0.05) is 6.92 Å². The molecule has 0 saturated carbocycles. The summed E-state index contributed by atoms with van der Waals surface area (Å²) < 4.78 is 5.13. The van der Waals surface area contributed by atoms with Gasteiger partial charge in [-0.15, -0.1) is 0 Å². The van der Waals surface area contributed by atoms with Crippen LogP contribution in [0.1, 0.15) is 26.7 Å². The third-order valence-corrected chi connectivity index (χ3v) is 5.34. The zero-order valence-electron chi connectivity index (χ0n) is 12.3. The molecule has 0 spiro atoms. The minimum atomic E-state index is -0.412. The Morgan fingerprint density at radius 1 is 1.45 bits per heavy atom. The van der Waals surface area contributed by atoms with Crippen LogP contribution in [-0.4, -0.2) is 60.6 Å². The average molecular weight is 300 g/mol. The molecule has 114 valence electrons. The van der Waals surface area contributed by atoms with Gasteiger partial charge in [0.25, 0.3) is 0 Å². The Bertz CT molecular complexity index is 369. The van der Waals surface area contributed by atoms with Gasteiger partial charge in [-0.3, -0.25) is 4.79 Å². The van der Waals surface area contributed by atoms with E-state index in [1.165, 1.54) is 0 Å². The molecular weight excluding hydrogens is 276 g/mol. The van der Waals surface area contributed by atoms with Crippen molar-refractivity contribution in [3.05, 3.63) is 0 Å². The van der Waals surface area contributed by atoms with Gasteiger partial charge >= 0.3 is 5.97 Å². The average Bonchev–Trinajstić information content (AvgIpc) is 2.97. The van der Waals surface area contributed by atoms with Crippen LogP contribution in [0.25, 0.3) is 0 Å². The molecule has 0 aliphatic carbocycles. The fourth-order valence-electron chi connectivity index (χ4n) is 2.96. The minimum Gasteiger partial charge on any atom is -0.464 e. The summed E-state index contributed by atoms with van der Waals surface area (Å²) in [7, 11) is 0. The highest BCUT2D eigenvalue weighted by atomic mass is 32.2. The lowest BCUT2D eigenvalue weighted by molar-refractivity contribution is -0.157. The van der Waals surface area contributed by atoms with Crippen molar-refractivity contribution in [1.29, 1.82) is 0 Å². The summed E-state index contributed by atoms with van der Waals surface area (Å²) >= 11 is 1.72. The fraction of sp³-hybridized carbons (Fsp3) is 0.857. The first kappa shape index (κ1) is 15.6. The number of esters is 1. The molecule has 2 aliphatic heterocycles. The number of carbonyl (C=O) groups is 2. The highest BCUT2D eigenvalue weighted by molar-refractivity contribution is 7.99. The summed E-state index contributed by atoms with van der Waals surface area (Å²) in [5.74, 6) is 1.42. The first-order valence-corrected chi connectivity index (χ1v) is 8.56. The minimum absolute atomic E-state index is 0.128. The molecule has 1 N–H and O–H groups in total. The molecule has 5 nitrogen and oxygen atoms in total. The molecule has 0 bridgehead atoms. The number of hydrogen-bond donors (Lipinski definition) is 1. The number of hydrogen-bond acceptors (Lipinski definition) is 5. The predicted octanol–water partition coefficient (Wildman–Crippen LogP) is 0.883. The van der Waals surface area contributed by atoms with Crippen LogP contribution in [0.2, 0.25) is 0 Å². The van der Waals surface area contributed by atoms with Gasteiger partial charge in [-0.25, -0.2) is 4.79 Å². The lowest BCUT2D eigenvalue weighted by Gasteiger charge is -2.39. The van der Waals surface area contributed by atoms with E-state index >= 15 is 0 Å². The highest BCUT2D eigenvalue weighted by Crippen LogP contribution is 2.34. The molecule has 2 saturated heterocycles. The smallest absolute Gasteiger partial charge is 0.329 e. The Labute approximate surface area is 124 Å². The topological polar surface area (TPSA) is 58.6 Å². The summed E-state index contributed by atoms with van der Waals surface area (Å²) in [6.07, 6.45) is 1.68. The van der Waals surface area contributed by atoms with E-state index in [1.54, 1.807) is 23.6 Å². The number of rotatable bonds is 4. The van der Waals surface area contributed by atoms with Crippen molar-refractivity contribution in [2.45, 2.75) is 32.7 Å². The molecular formula is C14H24N2O3S. The Kier molecular flexibility index (Phi) is 5.32. The number of ether oxygens (including phenoxy) is 1. The van der Waals surface area contributed by atoms with Gasteiger partial charge in [0.15, 0.2) is 0 Å². The van der Waals surface area contributed by atoms with Crippen molar-refractivity contribution < 1.29 is 14.3 Å². The lowest BCUT2D eigenvalue weighted by atomic mass is 9.82. The van der Waals surface area contributed by atoms with E-state index in [1.807, 2.05) is 0 Å². The number of nitrogens with one attached hydrogen (secondary N) is 1. The molecule has 2 aliphatic rings. The molecule has 6 heteroatoms. The van der Waals surface area contributed by atoms with E-state index in [0.29, 0.717) is 18.9 Å². The molecule has 2 atom stereocenters. The van der Waals surface area contributed by atoms with Crippen molar-refractivity contribution in [2.75, 3.05) is 37.7 Å². The van der Waals surface area contributed by atoms with Gasteiger partial charge < -0.3 is 15.0 Å². The van der Waals surface area contributed by atoms with Crippen LogP contribution in [-0.2, 0) is 14.3 Å². The third-order valence-electron chi connectivity index (χ3n) is 4.32. The fourth-order valence-corrected chi connectivity index (χ4v) is 4.00. The Morgan fingerprint density at radius 2 is 2.25 bits per heavy atom. The van der Waals surface area contributed by atoms with Crippen molar-refractivity contribution in [2.24, 2.45) is 5.41 Å². The molecule has 0 radical (unpaired) electrons. The zero-order valence-corrected chi connectivity index (χ0v) is 13.1. The third kappa shape index (κ3) is 2.96. The molecule has 20 heavy (non-hydrogen) atoms. The maximum Gasteiger partial charge on any atom is 0.329 e. The van der Waals surface area contributed by atoms with Crippen LogP contribution >= 0.6 is 11.8 Å². The van der Waals surface area contributed by atoms with E-state index in [0.717, 1.165) is 31.7 Å². The maximum absolute atomic E-state index is 12.9. The second-order valence-electron chi connectivity index (χ2n) is 5.40. The Balaban J connectivity index is 2.14. The number of nitrogens with zero attached hydrogens (tertiary/aromatic N) is 1. The normalized spacial score (nSPS) is 30.3. The summed E-state index contributed by atoms with van der Waals surface area (Å²) in [6.45, 7) is 6.47. The number of amides is 1. The van der Waals surface area contributed by atoms with Crippen LogP contribution in [0.15, 0.2) is 0 Å². The second kappa shape index (κ2) is 6.80. The lowest BCUT2D eigenvalue weighted by Crippen LogP contribution is -2.56. The first-order chi connectivity index (χ1) is 9.64. The Hall–Kier alpha value is -0.750. The molecule has 2 rings (SSSR count). The Morgan fingerprint density at radius 3 is 2.85 bits per heavy atom. The molecule has 1 amide bonds. The largest absolute Gasteiger partial charge is 0.464 e. The standard InChI is InChI=1S/C14H24N2O3S/c1-3-14(5-6-15-10-14)13(18)16-7-8-20-9-11(16)12(17)19-4-2/h11,15H,3-10H2,1-2H3. The molecule has 2 heterocycles. The van der Waals surface area contributed by atoms with Crippen molar-refractivity contribution >= 4 is 23.6 Å². The van der Waals surface area contributed by atoms with Crippen LogP contribution in [0.5, 0.6) is 0 Å². The van der Waals surface area contributed by atoms with Gasteiger partial charge in [0.2, 0.25) is 5.91 Å². The predicted molar refractivity (Wildman–Crippen MR) is 79.7 cm³/mol. The van der Waals surface area contributed by atoms with Gasteiger partial charge in [0, 0.05) is 24.6 Å². The quantitative estimate of drug-likeness (QED) is 0.781. The van der Waals surface area contributed by atoms with Crippen LogP contribution in [0.3, 0.4) is 0 Å². The monoisotopic (exact) mass is 300 g/mol. The van der Waals surface area contributed by atoms with Crippen LogP contribution in [0, 0.1) is 5.41 Å². The number of thioether (sulfide) groups is 1. The van der Waals surface area contributed by atoms with E-state index < -0.39 is 6.04 Å². The first-order valence-electron chi connectivity index (χ1n) is 7.41. The maximum atomic E-state index is 12.9. The van der Waals surface area contributed by atoms with E-state index in [-0.39, 0.29) is 17.3 Å². The van der Waals surface area contributed by atoms with Crippen LogP contribution < -0.4 is 5.32 Å². The molecule has 0 aromatic carbocycles. The van der Waals surface area contributed by atoms with E-state index in [4.69, 9.17) is 4.74 Å². The molecule has 0 aromatic rings. The SMILES string of the molecule is CCOC(=O)C1CSCCN1C(=O)C1(CC)CCNC1. The summed E-state index contributed by atoms with van der Waals surface area (Å²) in [6, 6.07) is -0.412. The van der Waals surface area contributed by atoms with Crippen molar-refractivity contribution in [3.8, 4) is 0 Å². The molecule has 2 unspecified atom stereocenters. The van der Waals surface area contributed by atoms with Gasteiger partial charge in [-0.05, 0) is 26.3 Å². The zero-order chi connectivity index (χ0) is 14.6. The highest BCUT2D eigenvalue weighted by Gasteiger charge is 2.45. The van der Waals surface area contributed by atoms with Crippen molar-refractivity contribution in [3.63, 3.8) is 0 Å². The number of carbonyl (C=O) groups excluding carboxylic acids is 2. The van der Waals surface area contributed by atoms with Crippen molar-refractivity contribution in [1.82, 2.24) is 10.2 Å². The second-order valence-corrected chi connectivity index (χ2v) is 6.55. The summed E-state index contributed by atoms with van der Waals surface area (Å²) in [5, 5.41) is 3.28. The molecule has 2 fully saturated rings. The summed E-state index contributed by atoms with van der Waals surface area (Å²) in [5.41, 5.74) is -0.327. The van der Waals surface area contributed by atoms with Crippen LogP contribution in [0.4, 0.5) is 0 Å². The van der Waals surface area contributed by atoms with Gasteiger partial charge in [0.05, 0.1) is 12.0 Å². The van der Waals surface area contributed by atoms with Gasteiger partial charge in [0.1, 0.15) is 6.04 Å². The van der Waals surface area contributed by atoms with Gasteiger partial charge in [-0.2, -0.15) is 11.8 Å². The van der Waals surface area contributed by atoms with E-state index in [2.05, 4.69) is 12.2 Å². The summed E-state index contributed by atoms with van der Waals surface area (Å²) in [4.78, 5) is 26.8. The van der Waals surface area contributed by atoms with E-state index in [9.17, 15) is 9.59 Å².